The molecule has 168 valence electrons. The van der Waals surface area contributed by atoms with Crippen LogP contribution < -0.4 is 4.90 Å². The first-order chi connectivity index (χ1) is 16.1. The number of aryl methyl sites for hydroxylation is 1. The summed E-state index contributed by atoms with van der Waals surface area (Å²) in [6, 6.07) is 15.4. The van der Waals surface area contributed by atoms with Crippen LogP contribution in [0.2, 0.25) is 0 Å². The summed E-state index contributed by atoms with van der Waals surface area (Å²) in [6.45, 7) is 3.76. The number of carbonyl (C=O) groups is 2. The first kappa shape index (κ1) is 21.2. The van der Waals surface area contributed by atoms with Crippen molar-refractivity contribution in [3.8, 4) is 0 Å². The van der Waals surface area contributed by atoms with Gasteiger partial charge in [-0.15, -0.1) is 0 Å². The number of benzene rings is 1. The number of fused-ring (bicyclic) bond motifs is 1. The van der Waals surface area contributed by atoms with Gasteiger partial charge in [0.15, 0.2) is 0 Å². The van der Waals surface area contributed by atoms with Gasteiger partial charge in [-0.1, -0.05) is 36.4 Å². The summed E-state index contributed by atoms with van der Waals surface area (Å²) in [5, 5.41) is 0. The largest absolute Gasteiger partial charge is 0.337 e. The molecule has 1 fully saturated rings. The molecule has 1 saturated heterocycles. The van der Waals surface area contributed by atoms with Gasteiger partial charge in [0, 0.05) is 42.9 Å². The molecule has 0 bridgehead atoms. The molecule has 5 rings (SSSR count). The molecule has 33 heavy (non-hydrogen) atoms. The molecule has 3 aromatic rings. The maximum atomic E-state index is 12.9. The fraction of sp³-hybridized carbons (Fsp3) is 0.346. The van der Waals surface area contributed by atoms with Crippen molar-refractivity contribution in [1.29, 1.82) is 0 Å². The summed E-state index contributed by atoms with van der Waals surface area (Å²) in [7, 11) is 0. The minimum absolute atomic E-state index is 0.0333. The summed E-state index contributed by atoms with van der Waals surface area (Å²) in [5.74, 6) is 1.51. The second-order valence-electron chi connectivity index (χ2n) is 8.74. The van der Waals surface area contributed by atoms with Crippen molar-refractivity contribution >= 4 is 17.6 Å². The number of amides is 2. The highest BCUT2D eigenvalue weighted by Crippen LogP contribution is 2.33. The smallest absolute Gasteiger partial charge is 0.272 e. The number of aromatic nitrogens is 3. The fourth-order valence-electron chi connectivity index (χ4n) is 4.74. The van der Waals surface area contributed by atoms with E-state index in [0.29, 0.717) is 38.2 Å². The Morgan fingerprint density at radius 2 is 1.88 bits per heavy atom. The average molecular weight is 442 g/mol. The lowest BCUT2D eigenvalue weighted by atomic mass is 9.95. The zero-order valence-corrected chi connectivity index (χ0v) is 18.8. The van der Waals surface area contributed by atoms with Crippen molar-refractivity contribution in [2.24, 2.45) is 0 Å². The second kappa shape index (κ2) is 9.10. The quantitative estimate of drug-likeness (QED) is 0.617. The van der Waals surface area contributed by atoms with Gasteiger partial charge in [-0.25, -0.2) is 9.97 Å². The Kier molecular flexibility index (Phi) is 5.86. The van der Waals surface area contributed by atoms with Crippen molar-refractivity contribution < 1.29 is 9.59 Å². The van der Waals surface area contributed by atoms with Crippen molar-refractivity contribution in [2.75, 3.05) is 18.0 Å². The van der Waals surface area contributed by atoms with Gasteiger partial charge in [-0.05, 0) is 43.9 Å². The third-order valence-electron chi connectivity index (χ3n) is 6.50. The van der Waals surface area contributed by atoms with Crippen LogP contribution in [-0.2, 0) is 17.8 Å². The molecule has 1 aromatic carbocycles. The molecule has 0 radical (unpaired) electrons. The van der Waals surface area contributed by atoms with Gasteiger partial charge in [0.25, 0.3) is 5.91 Å². The van der Waals surface area contributed by atoms with Crippen LogP contribution in [0.4, 0.5) is 5.82 Å². The molecule has 2 aromatic heterocycles. The van der Waals surface area contributed by atoms with Crippen molar-refractivity contribution in [1.82, 2.24) is 19.9 Å². The Labute approximate surface area is 193 Å². The summed E-state index contributed by atoms with van der Waals surface area (Å²) in [6.07, 6.45) is 4.58. The monoisotopic (exact) mass is 441 g/mol. The van der Waals surface area contributed by atoms with Gasteiger partial charge in [0.05, 0.1) is 6.54 Å². The summed E-state index contributed by atoms with van der Waals surface area (Å²) < 4.78 is 0. The second-order valence-corrected chi connectivity index (χ2v) is 8.74. The van der Waals surface area contributed by atoms with Crippen molar-refractivity contribution in [2.45, 2.75) is 45.1 Å². The van der Waals surface area contributed by atoms with Gasteiger partial charge in [0.2, 0.25) is 5.91 Å². The summed E-state index contributed by atoms with van der Waals surface area (Å²) >= 11 is 0. The lowest BCUT2D eigenvalue weighted by Gasteiger charge is -2.34. The molecule has 2 aliphatic rings. The van der Waals surface area contributed by atoms with E-state index in [4.69, 9.17) is 9.97 Å². The van der Waals surface area contributed by atoms with Gasteiger partial charge in [-0.2, -0.15) is 0 Å². The molecule has 2 aliphatic heterocycles. The van der Waals surface area contributed by atoms with E-state index >= 15 is 0 Å². The Bertz CT molecular complexity index is 1170. The number of pyridine rings is 1. The van der Waals surface area contributed by atoms with Crippen molar-refractivity contribution in [3.05, 3.63) is 83.1 Å². The number of hydrogen-bond acceptors (Lipinski definition) is 5. The first-order valence-electron chi connectivity index (χ1n) is 11.5. The third kappa shape index (κ3) is 4.35. The highest BCUT2D eigenvalue weighted by Gasteiger charge is 2.32. The van der Waals surface area contributed by atoms with Crippen LogP contribution in [0.5, 0.6) is 0 Å². The highest BCUT2D eigenvalue weighted by molar-refractivity contribution is 5.95. The molecule has 0 aliphatic carbocycles. The van der Waals surface area contributed by atoms with E-state index in [0.717, 1.165) is 41.3 Å². The maximum absolute atomic E-state index is 12.9. The van der Waals surface area contributed by atoms with E-state index in [1.54, 1.807) is 17.2 Å². The molecule has 0 spiro atoms. The highest BCUT2D eigenvalue weighted by atomic mass is 16.2. The van der Waals surface area contributed by atoms with E-state index in [1.807, 2.05) is 54.3 Å². The van der Waals surface area contributed by atoms with E-state index in [-0.39, 0.29) is 17.7 Å². The summed E-state index contributed by atoms with van der Waals surface area (Å²) in [4.78, 5) is 43.4. The SMILES string of the molecule is Cc1nc([C@H]2CCCN(C(=O)c3ccccn3)C2)nc2c1CCC(=O)N2Cc1ccccc1. The maximum Gasteiger partial charge on any atom is 0.272 e. The fourth-order valence-corrected chi connectivity index (χ4v) is 4.74. The van der Waals surface area contributed by atoms with Crippen LogP contribution >= 0.6 is 0 Å². The molecule has 1 atom stereocenters. The van der Waals surface area contributed by atoms with Crippen LogP contribution in [0, 0.1) is 6.92 Å². The minimum atomic E-state index is -0.0594. The number of rotatable bonds is 4. The summed E-state index contributed by atoms with van der Waals surface area (Å²) in [5.41, 5.74) is 3.50. The van der Waals surface area contributed by atoms with Gasteiger partial charge < -0.3 is 4.90 Å². The average Bonchev–Trinajstić information content (AvgIpc) is 2.86. The lowest BCUT2D eigenvalue weighted by molar-refractivity contribution is -0.119. The Hall–Kier alpha value is -3.61. The molecule has 4 heterocycles. The van der Waals surface area contributed by atoms with Gasteiger partial charge in [-0.3, -0.25) is 19.5 Å². The number of nitrogens with zero attached hydrogens (tertiary/aromatic N) is 5. The van der Waals surface area contributed by atoms with Crippen LogP contribution in [0.25, 0.3) is 0 Å². The Balaban J connectivity index is 1.43. The number of hydrogen-bond donors (Lipinski definition) is 0. The van der Waals surface area contributed by atoms with Crippen LogP contribution in [0.15, 0.2) is 54.7 Å². The third-order valence-corrected chi connectivity index (χ3v) is 6.50. The number of anilines is 1. The predicted octanol–water partition coefficient (Wildman–Crippen LogP) is 3.68. The van der Waals surface area contributed by atoms with Crippen LogP contribution in [-0.4, -0.2) is 44.8 Å². The molecule has 7 nitrogen and oxygen atoms in total. The lowest BCUT2D eigenvalue weighted by Crippen LogP contribution is -2.40. The topological polar surface area (TPSA) is 79.3 Å². The zero-order valence-electron chi connectivity index (χ0n) is 18.8. The molecule has 0 N–H and O–H groups in total. The molecular weight excluding hydrogens is 414 g/mol. The first-order valence-corrected chi connectivity index (χ1v) is 11.5. The minimum Gasteiger partial charge on any atom is -0.337 e. The molecule has 0 unspecified atom stereocenters. The van der Waals surface area contributed by atoms with E-state index in [9.17, 15) is 9.59 Å². The zero-order chi connectivity index (χ0) is 22.8. The van der Waals surface area contributed by atoms with Crippen molar-refractivity contribution in [3.63, 3.8) is 0 Å². The van der Waals surface area contributed by atoms with E-state index in [2.05, 4.69) is 4.98 Å². The molecule has 2 amide bonds. The van der Waals surface area contributed by atoms with Crippen LogP contribution in [0.3, 0.4) is 0 Å². The number of likely N-dealkylation sites (tertiary alicyclic amines) is 1. The predicted molar refractivity (Wildman–Crippen MR) is 125 cm³/mol. The van der Waals surface area contributed by atoms with E-state index in [1.165, 1.54) is 0 Å². The number of piperidine rings is 1. The normalized spacial score (nSPS) is 18.2. The van der Waals surface area contributed by atoms with Gasteiger partial charge in [0.1, 0.15) is 17.3 Å². The Morgan fingerprint density at radius 1 is 1.06 bits per heavy atom. The van der Waals surface area contributed by atoms with Gasteiger partial charge >= 0.3 is 0 Å². The molecular formula is C26H27N5O2. The standard InChI is InChI=1S/C26H27N5O2/c1-18-21-12-13-23(32)31(16-19-8-3-2-4-9-19)25(21)29-24(28-18)20-10-7-15-30(17-20)26(33)22-11-5-6-14-27-22/h2-6,8-9,11,14,20H,7,10,12-13,15-17H2,1H3/t20-/m0/s1. The van der Waals surface area contributed by atoms with Crippen LogP contribution in [0.1, 0.15) is 58.3 Å². The van der Waals surface area contributed by atoms with E-state index < -0.39 is 0 Å². The number of carbonyl (C=O) groups excluding carboxylic acids is 2. The molecule has 0 saturated carbocycles. The Morgan fingerprint density at radius 3 is 2.67 bits per heavy atom. The molecule has 7 heteroatoms.